The molecule has 9 heteroatoms. The fraction of sp³-hybridized carbons (Fsp3) is 0.172. The lowest BCUT2D eigenvalue weighted by atomic mass is 9.90. The smallest absolute Gasteiger partial charge is 0.271 e. The van der Waals surface area contributed by atoms with E-state index in [4.69, 9.17) is 4.84 Å². The molecule has 0 bridgehead atoms. The van der Waals surface area contributed by atoms with Crippen molar-refractivity contribution in [2.24, 2.45) is 5.92 Å². The zero-order valence-electron chi connectivity index (χ0n) is 20.7. The molecule has 9 nitrogen and oxygen atoms in total. The van der Waals surface area contributed by atoms with E-state index < -0.39 is 28.9 Å². The van der Waals surface area contributed by atoms with Gasteiger partial charge in [0.25, 0.3) is 11.6 Å². The molecule has 2 fully saturated rings. The molecule has 4 aromatic rings. The fourth-order valence-electron chi connectivity index (χ4n) is 5.33. The molecule has 0 aliphatic carbocycles. The lowest BCUT2D eigenvalue weighted by Crippen LogP contribution is -2.37. The van der Waals surface area contributed by atoms with Gasteiger partial charge in [0.1, 0.15) is 5.92 Å². The van der Waals surface area contributed by atoms with E-state index in [1.165, 1.54) is 22.1 Å². The molecule has 0 radical (unpaired) electrons. The SMILES string of the molecule is CN(C)c1ccc([C@@H]2[C@H]3C(=O)N(c4cccc5ccccc45)C(=O)[C@@H]3ON2c2cccc([N+](=O)[O-])c2)cc1. The zero-order chi connectivity index (χ0) is 26.6. The van der Waals surface area contributed by atoms with Crippen molar-refractivity contribution in [3.05, 3.63) is 107 Å². The number of hydrogen-bond donors (Lipinski definition) is 0. The maximum atomic E-state index is 14.0. The van der Waals surface area contributed by atoms with Gasteiger partial charge in [-0.1, -0.05) is 54.6 Å². The van der Waals surface area contributed by atoms with Gasteiger partial charge >= 0.3 is 0 Å². The Morgan fingerprint density at radius 1 is 0.868 bits per heavy atom. The molecule has 0 spiro atoms. The molecule has 38 heavy (non-hydrogen) atoms. The second-order valence-corrected chi connectivity index (χ2v) is 9.60. The first-order valence-corrected chi connectivity index (χ1v) is 12.2. The van der Waals surface area contributed by atoms with Gasteiger partial charge in [0.15, 0.2) is 6.10 Å². The Labute approximate surface area is 218 Å². The summed E-state index contributed by atoms with van der Waals surface area (Å²) in [6, 6.07) is 26.1. The van der Waals surface area contributed by atoms with Gasteiger partial charge in [-0.2, -0.15) is 0 Å². The molecule has 4 aromatic carbocycles. The average Bonchev–Trinajstić information content (AvgIpc) is 3.44. The Bertz CT molecular complexity index is 1580. The molecule has 0 saturated carbocycles. The van der Waals surface area contributed by atoms with Crippen LogP contribution in [0.4, 0.5) is 22.7 Å². The Morgan fingerprint density at radius 3 is 2.32 bits per heavy atom. The highest BCUT2D eigenvalue weighted by atomic mass is 16.7. The van der Waals surface area contributed by atoms with Gasteiger partial charge in [-0.25, -0.2) is 9.96 Å². The van der Waals surface area contributed by atoms with Crippen LogP contribution in [0.1, 0.15) is 11.6 Å². The largest absolute Gasteiger partial charge is 0.378 e. The molecular weight excluding hydrogens is 484 g/mol. The summed E-state index contributed by atoms with van der Waals surface area (Å²) in [6.45, 7) is 0. The first-order valence-electron chi connectivity index (χ1n) is 12.2. The number of anilines is 3. The third-order valence-corrected chi connectivity index (χ3v) is 7.17. The molecule has 0 aromatic heterocycles. The van der Waals surface area contributed by atoms with E-state index in [0.29, 0.717) is 11.4 Å². The van der Waals surface area contributed by atoms with Crippen molar-refractivity contribution in [3.8, 4) is 0 Å². The van der Waals surface area contributed by atoms with Crippen LogP contribution in [0, 0.1) is 16.0 Å². The Morgan fingerprint density at radius 2 is 1.58 bits per heavy atom. The van der Waals surface area contributed by atoms with E-state index in [1.807, 2.05) is 79.7 Å². The molecule has 0 N–H and O–H groups in total. The van der Waals surface area contributed by atoms with Gasteiger partial charge < -0.3 is 4.90 Å². The van der Waals surface area contributed by atoms with Gasteiger partial charge in [0, 0.05) is 37.3 Å². The number of hydroxylamine groups is 1. The van der Waals surface area contributed by atoms with E-state index in [-0.39, 0.29) is 11.6 Å². The predicted molar refractivity (Wildman–Crippen MR) is 144 cm³/mol. The van der Waals surface area contributed by atoms with Crippen molar-refractivity contribution in [1.82, 2.24) is 0 Å². The fourth-order valence-corrected chi connectivity index (χ4v) is 5.33. The number of rotatable bonds is 5. The number of amides is 2. The number of carbonyl (C=O) groups is 2. The normalized spacial score (nSPS) is 20.7. The van der Waals surface area contributed by atoms with Crippen molar-refractivity contribution in [2.45, 2.75) is 12.1 Å². The Kier molecular flexibility index (Phi) is 5.57. The molecule has 2 heterocycles. The molecule has 2 aliphatic rings. The average molecular weight is 509 g/mol. The third-order valence-electron chi connectivity index (χ3n) is 7.17. The van der Waals surface area contributed by atoms with Crippen LogP contribution >= 0.6 is 0 Å². The molecule has 190 valence electrons. The van der Waals surface area contributed by atoms with Crippen molar-refractivity contribution in [3.63, 3.8) is 0 Å². The number of hydrogen-bond acceptors (Lipinski definition) is 7. The van der Waals surface area contributed by atoms with Crippen LogP contribution in [0.2, 0.25) is 0 Å². The van der Waals surface area contributed by atoms with Crippen molar-refractivity contribution in [2.75, 3.05) is 29.0 Å². The lowest BCUT2D eigenvalue weighted by molar-refractivity contribution is -0.384. The number of nitro benzene ring substituents is 1. The van der Waals surface area contributed by atoms with Crippen LogP contribution in [0.5, 0.6) is 0 Å². The first-order chi connectivity index (χ1) is 18.3. The van der Waals surface area contributed by atoms with Gasteiger partial charge in [0.05, 0.1) is 22.3 Å². The molecule has 3 atom stereocenters. The summed E-state index contributed by atoms with van der Waals surface area (Å²) in [5.74, 6) is -1.67. The van der Waals surface area contributed by atoms with Crippen LogP contribution in [-0.2, 0) is 14.4 Å². The number of nitro groups is 1. The maximum Gasteiger partial charge on any atom is 0.271 e. The minimum Gasteiger partial charge on any atom is -0.378 e. The standard InChI is InChI=1S/C29H24N4O5/c1-30(2)20-15-13-19(14-16-20)26-25-27(38-32(26)21-9-6-10-22(17-21)33(36)37)29(35)31(28(25)34)24-12-5-8-18-7-3-4-11-23(18)24/h3-17,25-27H,1-2H3/t25-,26-,27-/m1/s1. The zero-order valence-corrected chi connectivity index (χ0v) is 20.7. The monoisotopic (exact) mass is 508 g/mol. The predicted octanol–water partition coefficient (Wildman–Crippen LogP) is 4.87. The molecule has 6 rings (SSSR count). The number of imide groups is 1. The van der Waals surface area contributed by atoms with Crippen LogP contribution in [-0.4, -0.2) is 36.9 Å². The molecule has 2 saturated heterocycles. The highest BCUT2D eigenvalue weighted by Gasteiger charge is 2.60. The molecule has 2 aliphatic heterocycles. The Hall–Kier alpha value is -4.76. The van der Waals surface area contributed by atoms with E-state index in [2.05, 4.69) is 0 Å². The van der Waals surface area contributed by atoms with Gasteiger partial charge in [0.2, 0.25) is 5.91 Å². The van der Waals surface area contributed by atoms with Gasteiger partial charge in [-0.15, -0.1) is 0 Å². The molecular formula is C29H24N4O5. The topological polar surface area (TPSA) is 96.2 Å². The minimum atomic E-state index is -1.07. The summed E-state index contributed by atoms with van der Waals surface area (Å²) in [7, 11) is 3.86. The van der Waals surface area contributed by atoms with Gasteiger partial charge in [-0.3, -0.25) is 24.5 Å². The maximum absolute atomic E-state index is 14.0. The van der Waals surface area contributed by atoms with Crippen molar-refractivity contribution < 1.29 is 19.3 Å². The summed E-state index contributed by atoms with van der Waals surface area (Å²) in [5, 5.41) is 14.6. The molecule has 0 unspecified atom stereocenters. The number of carbonyl (C=O) groups excluding carboxylic acids is 2. The van der Waals surface area contributed by atoms with Crippen molar-refractivity contribution >= 4 is 45.3 Å². The van der Waals surface area contributed by atoms with Crippen LogP contribution < -0.4 is 14.9 Å². The lowest BCUT2D eigenvalue weighted by Gasteiger charge is -2.29. The number of nitrogens with zero attached hydrogens (tertiary/aromatic N) is 4. The van der Waals surface area contributed by atoms with Crippen LogP contribution in [0.15, 0.2) is 91.0 Å². The summed E-state index contributed by atoms with van der Waals surface area (Å²) in [6.07, 6.45) is -1.07. The summed E-state index contributed by atoms with van der Waals surface area (Å²) >= 11 is 0. The number of non-ortho nitro benzene ring substituents is 1. The van der Waals surface area contributed by atoms with Gasteiger partial charge in [-0.05, 0) is 35.2 Å². The highest BCUT2D eigenvalue weighted by Crippen LogP contribution is 2.48. The summed E-state index contributed by atoms with van der Waals surface area (Å²) < 4.78 is 0. The quantitative estimate of drug-likeness (QED) is 0.216. The molecule has 2 amide bonds. The minimum absolute atomic E-state index is 0.111. The summed E-state index contributed by atoms with van der Waals surface area (Å²) in [5.41, 5.74) is 2.53. The van der Waals surface area contributed by atoms with E-state index in [9.17, 15) is 19.7 Å². The Balaban J connectivity index is 1.46. The van der Waals surface area contributed by atoms with Crippen LogP contribution in [0.25, 0.3) is 10.8 Å². The number of benzene rings is 4. The second-order valence-electron chi connectivity index (χ2n) is 9.60. The summed E-state index contributed by atoms with van der Waals surface area (Å²) in [4.78, 5) is 48.1. The van der Waals surface area contributed by atoms with Crippen molar-refractivity contribution in [1.29, 1.82) is 0 Å². The van der Waals surface area contributed by atoms with E-state index in [1.54, 1.807) is 18.2 Å². The van der Waals surface area contributed by atoms with E-state index >= 15 is 0 Å². The second kappa shape index (κ2) is 8.97. The van der Waals surface area contributed by atoms with Crippen LogP contribution in [0.3, 0.4) is 0 Å². The third kappa shape index (κ3) is 3.67. The first kappa shape index (κ1) is 23.6. The van der Waals surface area contributed by atoms with E-state index in [0.717, 1.165) is 22.0 Å². The highest BCUT2D eigenvalue weighted by molar-refractivity contribution is 6.26. The number of fused-ring (bicyclic) bond motifs is 2.